The molecule has 0 radical (unpaired) electrons. The molecular weight excluding hydrogens is 228 g/mol. The summed E-state index contributed by atoms with van der Waals surface area (Å²) in [5.41, 5.74) is 4.78. The van der Waals surface area contributed by atoms with Crippen LogP contribution in [0.4, 0.5) is 5.82 Å². The van der Waals surface area contributed by atoms with Gasteiger partial charge in [0.2, 0.25) is 0 Å². The fourth-order valence-electron chi connectivity index (χ4n) is 1.49. The van der Waals surface area contributed by atoms with E-state index in [0.29, 0.717) is 11.3 Å². The summed E-state index contributed by atoms with van der Waals surface area (Å²) in [6.07, 6.45) is 0. The number of ether oxygens (including phenoxy) is 1. The highest BCUT2D eigenvalue weighted by Gasteiger charge is 2.09. The van der Waals surface area contributed by atoms with Gasteiger partial charge in [0.15, 0.2) is 11.0 Å². The maximum atomic E-state index is 5.90. The summed E-state index contributed by atoms with van der Waals surface area (Å²) in [5.74, 6) is 6.36. The number of nitrogens with zero attached hydrogens (tertiary/aromatic N) is 2. The minimum Gasteiger partial charge on any atom is -0.497 e. The standard InChI is InChI=1S/C10H11ClN4O/c1-5-3-6(16-2)4-7-8(5)14-9(11)10(13-7)15-12/h3-4H,12H2,1-2H3,(H,13,15). The van der Waals surface area contributed by atoms with Gasteiger partial charge in [0.25, 0.3) is 0 Å². The first-order valence-corrected chi connectivity index (χ1v) is 5.02. The molecule has 2 aromatic rings. The zero-order chi connectivity index (χ0) is 11.7. The Kier molecular flexibility index (Phi) is 2.80. The number of nitrogens with one attached hydrogen (secondary N) is 1. The number of hydrogen-bond donors (Lipinski definition) is 2. The van der Waals surface area contributed by atoms with Gasteiger partial charge >= 0.3 is 0 Å². The minimum atomic E-state index is 0.253. The molecule has 6 heteroatoms. The zero-order valence-corrected chi connectivity index (χ0v) is 9.67. The van der Waals surface area contributed by atoms with E-state index in [2.05, 4.69) is 15.4 Å². The highest BCUT2D eigenvalue weighted by Crippen LogP contribution is 2.26. The van der Waals surface area contributed by atoms with Gasteiger partial charge in [0.05, 0.1) is 18.1 Å². The maximum Gasteiger partial charge on any atom is 0.178 e. The minimum absolute atomic E-state index is 0.253. The van der Waals surface area contributed by atoms with Gasteiger partial charge in [0, 0.05) is 6.07 Å². The first-order valence-electron chi connectivity index (χ1n) is 4.64. The molecule has 0 spiro atoms. The number of nitrogen functional groups attached to an aromatic ring is 1. The maximum absolute atomic E-state index is 5.90. The number of benzene rings is 1. The van der Waals surface area contributed by atoms with Gasteiger partial charge in [-0.05, 0) is 18.6 Å². The molecule has 1 heterocycles. The highest BCUT2D eigenvalue weighted by molar-refractivity contribution is 6.32. The Bertz CT molecular complexity index is 544. The SMILES string of the molecule is COc1cc(C)c2nc(Cl)c(NN)nc2c1. The third-order valence-corrected chi connectivity index (χ3v) is 2.53. The van der Waals surface area contributed by atoms with E-state index in [1.54, 1.807) is 13.2 Å². The molecule has 3 N–H and O–H groups in total. The van der Waals surface area contributed by atoms with Gasteiger partial charge < -0.3 is 10.2 Å². The largest absolute Gasteiger partial charge is 0.497 e. The fourth-order valence-corrected chi connectivity index (χ4v) is 1.67. The number of anilines is 1. The number of rotatable bonds is 2. The molecule has 0 bridgehead atoms. The molecule has 16 heavy (non-hydrogen) atoms. The van der Waals surface area contributed by atoms with Crippen molar-refractivity contribution in [1.82, 2.24) is 9.97 Å². The van der Waals surface area contributed by atoms with Crippen molar-refractivity contribution in [2.45, 2.75) is 6.92 Å². The summed E-state index contributed by atoms with van der Waals surface area (Å²) in [4.78, 5) is 8.48. The molecule has 1 aromatic carbocycles. The summed E-state index contributed by atoms with van der Waals surface area (Å²) in [6, 6.07) is 3.66. The van der Waals surface area contributed by atoms with Crippen LogP contribution in [-0.4, -0.2) is 17.1 Å². The van der Waals surface area contributed by atoms with E-state index in [0.717, 1.165) is 16.8 Å². The molecule has 0 unspecified atom stereocenters. The van der Waals surface area contributed by atoms with Crippen molar-refractivity contribution in [1.29, 1.82) is 0 Å². The first kappa shape index (κ1) is 10.9. The van der Waals surface area contributed by atoms with Gasteiger partial charge in [-0.1, -0.05) is 11.6 Å². The summed E-state index contributed by atoms with van der Waals surface area (Å²) >= 11 is 5.90. The van der Waals surface area contributed by atoms with Crippen LogP contribution >= 0.6 is 11.6 Å². The zero-order valence-electron chi connectivity index (χ0n) is 8.91. The van der Waals surface area contributed by atoms with Crippen LogP contribution in [0.25, 0.3) is 11.0 Å². The van der Waals surface area contributed by atoms with E-state index in [-0.39, 0.29) is 5.15 Å². The van der Waals surface area contributed by atoms with Crippen molar-refractivity contribution in [2.24, 2.45) is 5.84 Å². The average molecular weight is 239 g/mol. The van der Waals surface area contributed by atoms with Crippen molar-refractivity contribution in [3.05, 3.63) is 22.8 Å². The Balaban J connectivity index is 2.75. The molecular formula is C10H11ClN4O. The molecule has 0 aliphatic rings. The molecule has 0 saturated carbocycles. The van der Waals surface area contributed by atoms with Crippen molar-refractivity contribution < 1.29 is 4.74 Å². The lowest BCUT2D eigenvalue weighted by Gasteiger charge is -2.08. The second kappa shape index (κ2) is 4.11. The van der Waals surface area contributed by atoms with Gasteiger partial charge in [-0.15, -0.1) is 0 Å². The van der Waals surface area contributed by atoms with Gasteiger partial charge in [-0.3, -0.25) is 0 Å². The monoisotopic (exact) mass is 238 g/mol. The first-order chi connectivity index (χ1) is 7.65. The van der Waals surface area contributed by atoms with Crippen molar-refractivity contribution >= 4 is 28.5 Å². The van der Waals surface area contributed by atoms with Gasteiger partial charge in [-0.2, -0.15) is 0 Å². The Labute approximate surface area is 97.6 Å². The molecule has 0 aliphatic carbocycles. The second-order valence-corrected chi connectivity index (χ2v) is 3.68. The van der Waals surface area contributed by atoms with E-state index in [9.17, 15) is 0 Å². The summed E-state index contributed by atoms with van der Waals surface area (Å²) in [5, 5.41) is 0.253. The fraction of sp³-hybridized carbons (Fsp3) is 0.200. The third kappa shape index (κ3) is 1.75. The van der Waals surface area contributed by atoms with E-state index < -0.39 is 0 Å². The number of aryl methyl sites for hydroxylation is 1. The number of nitrogens with two attached hydrogens (primary N) is 1. The quantitative estimate of drug-likeness (QED) is 0.617. The lowest BCUT2D eigenvalue weighted by atomic mass is 10.2. The highest BCUT2D eigenvalue weighted by atomic mass is 35.5. The molecule has 0 atom stereocenters. The van der Waals surface area contributed by atoms with Crippen LogP contribution in [0, 0.1) is 6.92 Å². The number of fused-ring (bicyclic) bond motifs is 1. The van der Waals surface area contributed by atoms with Crippen LogP contribution < -0.4 is 16.0 Å². The number of hydrazine groups is 1. The van der Waals surface area contributed by atoms with Crippen LogP contribution in [0.3, 0.4) is 0 Å². The number of halogens is 1. The molecule has 1 aromatic heterocycles. The normalized spacial score (nSPS) is 10.5. The Morgan fingerprint density at radius 1 is 1.38 bits per heavy atom. The van der Waals surface area contributed by atoms with Gasteiger partial charge in [-0.25, -0.2) is 15.8 Å². The summed E-state index contributed by atoms with van der Waals surface area (Å²) in [7, 11) is 1.60. The van der Waals surface area contributed by atoms with E-state index in [1.807, 2.05) is 13.0 Å². The smallest absolute Gasteiger partial charge is 0.178 e. The van der Waals surface area contributed by atoms with Gasteiger partial charge in [0.1, 0.15) is 5.75 Å². The van der Waals surface area contributed by atoms with Crippen LogP contribution in [-0.2, 0) is 0 Å². The van der Waals surface area contributed by atoms with Crippen molar-refractivity contribution in [3.63, 3.8) is 0 Å². The molecule has 0 amide bonds. The van der Waals surface area contributed by atoms with E-state index in [4.69, 9.17) is 22.2 Å². The lowest BCUT2D eigenvalue weighted by Crippen LogP contribution is -2.10. The third-order valence-electron chi connectivity index (χ3n) is 2.26. The van der Waals surface area contributed by atoms with E-state index >= 15 is 0 Å². The van der Waals surface area contributed by atoms with Crippen molar-refractivity contribution in [3.8, 4) is 5.75 Å². The number of hydrogen-bond acceptors (Lipinski definition) is 5. The molecule has 0 saturated heterocycles. The average Bonchev–Trinajstić information content (AvgIpc) is 2.29. The number of methoxy groups -OCH3 is 1. The molecule has 0 fully saturated rings. The second-order valence-electron chi connectivity index (χ2n) is 3.32. The molecule has 5 nitrogen and oxygen atoms in total. The Morgan fingerprint density at radius 3 is 2.75 bits per heavy atom. The number of aromatic nitrogens is 2. The van der Waals surface area contributed by atoms with Crippen LogP contribution in [0.2, 0.25) is 5.15 Å². The topological polar surface area (TPSA) is 73.1 Å². The van der Waals surface area contributed by atoms with Crippen LogP contribution in [0.1, 0.15) is 5.56 Å². The van der Waals surface area contributed by atoms with Crippen LogP contribution in [0.15, 0.2) is 12.1 Å². The Morgan fingerprint density at radius 2 is 2.12 bits per heavy atom. The lowest BCUT2D eigenvalue weighted by molar-refractivity contribution is 0.415. The summed E-state index contributed by atoms with van der Waals surface area (Å²) < 4.78 is 5.15. The predicted octanol–water partition coefficient (Wildman–Crippen LogP) is 1.89. The predicted molar refractivity (Wildman–Crippen MR) is 63.6 cm³/mol. The molecule has 0 aliphatic heterocycles. The molecule has 84 valence electrons. The Hall–Kier alpha value is -1.59. The van der Waals surface area contributed by atoms with Crippen LogP contribution in [0.5, 0.6) is 5.75 Å². The van der Waals surface area contributed by atoms with Crippen molar-refractivity contribution in [2.75, 3.05) is 12.5 Å². The van der Waals surface area contributed by atoms with E-state index in [1.165, 1.54) is 0 Å². The molecule has 2 rings (SSSR count). The summed E-state index contributed by atoms with van der Waals surface area (Å²) in [6.45, 7) is 1.92.